The summed E-state index contributed by atoms with van der Waals surface area (Å²) in [4.78, 5) is 0. The Kier molecular flexibility index (Phi) is 5.17. The van der Waals surface area contributed by atoms with E-state index in [1.165, 1.54) is 6.07 Å². The van der Waals surface area contributed by atoms with Crippen molar-refractivity contribution in [2.75, 3.05) is 6.61 Å². The number of aliphatic hydroxyl groups excluding tert-OH is 1. The van der Waals surface area contributed by atoms with Gasteiger partial charge < -0.3 is 9.52 Å². The second-order valence-electron chi connectivity index (χ2n) is 6.16. The van der Waals surface area contributed by atoms with Gasteiger partial charge in [0.05, 0.1) is 11.7 Å². The fourth-order valence-electron chi connectivity index (χ4n) is 3.02. The summed E-state index contributed by atoms with van der Waals surface area (Å²) in [5.41, 5.74) is 3.08. The number of hydrogen-bond acceptors (Lipinski definition) is 5. The molecule has 4 aromatic rings. The lowest BCUT2D eigenvalue weighted by atomic mass is 9.96. The molecule has 0 unspecified atom stereocenters. The molecule has 0 fully saturated rings. The molecule has 0 saturated carbocycles. The smallest absolute Gasteiger partial charge is 0.248 e. The van der Waals surface area contributed by atoms with E-state index >= 15 is 0 Å². The molecule has 2 heterocycles. The van der Waals surface area contributed by atoms with Gasteiger partial charge in [0, 0.05) is 34.0 Å². The molecular weight excluding hydrogens is 462 g/mol. The van der Waals surface area contributed by atoms with Crippen LogP contribution < -0.4 is 0 Å². The number of aromatic amines is 1. The van der Waals surface area contributed by atoms with Crippen LogP contribution in [0, 0.1) is 9.39 Å². The van der Waals surface area contributed by atoms with E-state index in [9.17, 15) is 4.39 Å². The van der Waals surface area contributed by atoms with Gasteiger partial charge in [-0.15, -0.1) is 10.2 Å². The maximum Gasteiger partial charge on any atom is 0.248 e. The fraction of sp³-hybridized carbons (Fsp3) is 0.211. The molecular formula is C19H16FIN4O2. The van der Waals surface area contributed by atoms with E-state index in [0.717, 1.165) is 25.6 Å². The van der Waals surface area contributed by atoms with Gasteiger partial charge >= 0.3 is 0 Å². The molecule has 2 N–H and O–H groups in total. The molecule has 6 nitrogen and oxygen atoms in total. The minimum atomic E-state index is -0.248. The van der Waals surface area contributed by atoms with Crippen LogP contribution in [0.1, 0.15) is 23.4 Å². The van der Waals surface area contributed by atoms with Gasteiger partial charge in [-0.1, -0.05) is 6.07 Å². The van der Waals surface area contributed by atoms with Crippen molar-refractivity contribution < 1.29 is 13.9 Å². The van der Waals surface area contributed by atoms with E-state index < -0.39 is 0 Å². The number of hydrogen-bond donors (Lipinski definition) is 2. The van der Waals surface area contributed by atoms with Gasteiger partial charge in [0.15, 0.2) is 0 Å². The van der Waals surface area contributed by atoms with Gasteiger partial charge in [-0.25, -0.2) is 4.39 Å². The van der Waals surface area contributed by atoms with E-state index in [0.29, 0.717) is 36.6 Å². The molecule has 2 aromatic heterocycles. The number of H-pyrrole nitrogens is 1. The summed E-state index contributed by atoms with van der Waals surface area (Å²) < 4.78 is 21.1. The van der Waals surface area contributed by atoms with Crippen LogP contribution in [0.2, 0.25) is 0 Å². The van der Waals surface area contributed by atoms with Crippen LogP contribution in [0.25, 0.3) is 22.4 Å². The van der Waals surface area contributed by atoms with Crippen molar-refractivity contribution in [1.82, 2.24) is 20.4 Å². The zero-order chi connectivity index (χ0) is 18.8. The van der Waals surface area contributed by atoms with E-state index in [-0.39, 0.29) is 12.4 Å². The Morgan fingerprint density at radius 2 is 2.07 bits per heavy atom. The molecule has 8 heteroatoms. The van der Waals surface area contributed by atoms with Crippen LogP contribution >= 0.6 is 22.6 Å². The van der Waals surface area contributed by atoms with Crippen molar-refractivity contribution in [2.24, 2.45) is 0 Å². The quantitative estimate of drug-likeness (QED) is 0.411. The Morgan fingerprint density at radius 1 is 1.19 bits per heavy atom. The number of benzene rings is 2. The molecule has 0 aliphatic rings. The van der Waals surface area contributed by atoms with Crippen molar-refractivity contribution in [2.45, 2.75) is 19.3 Å². The average Bonchev–Trinajstić information content (AvgIpc) is 3.31. The van der Waals surface area contributed by atoms with Crippen LogP contribution in [-0.4, -0.2) is 32.1 Å². The number of fused-ring (bicyclic) bond motifs is 1. The molecule has 0 spiro atoms. The monoisotopic (exact) mass is 478 g/mol. The first-order valence-corrected chi connectivity index (χ1v) is 9.56. The van der Waals surface area contributed by atoms with E-state index in [2.05, 4.69) is 43.0 Å². The summed E-state index contributed by atoms with van der Waals surface area (Å²) in [5, 5.41) is 25.1. The lowest BCUT2D eigenvalue weighted by Gasteiger charge is -2.09. The third-order valence-corrected chi connectivity index (χ3v) is 5.04. The molecule has 2 aromatic carbocycles. The molecule has 4 rings (SSSR count). The molecule has 27 heavy (non-hydrogen) atoms. The number of rotatable bonds is 6. The Balaban J connectivity index is 1.79. The first-order valence-electron chi connectivity index (χ1n) is 8.48. The Morgan fingerprint density at radius 3 is 2.89 bits per heavy atom. The van der Waals surface area contributed by atoms with Gasteiger partial charge in [0.2, 0.25) is 11.8 Å². The zero-order valence-electron chi connectivity index (χ0n) is 14.2. The highest BCUT2D eigenvalue weighted by Crippen LogP contribution is 2.31. The van der Waals surface area contributed by atoms with Crippen molar-refractivity contribution >= 4 is 33.5 Å². The van der Waals surface area contributed by atoms with Crippen molar-refractivity contribution in [1.29, 1.82) is 0 Å². The largest absolute Gasteiger partial charge is 0.421 e. The van der Waals surface area contributed by atoms with Crippen LogP contribution in [0.3, 0.4) is 0 Å². The number of nitrogens with zero attached hydrogens (tertiary/aromatic N) is 3. The van der Waals surface area contributed by atoms with E-state index in [1.54, 1.807) is 12.3 Å². The van der Waals surface area contributed by atoms with Crippen LogP contribution in [-0.2, 0) is 12.8 Å². The van der Waals surface area contributed by atoms with E-state index in [4.69, 9.17) is 9.52 Å². The highest BCUT2D eigenvalue weighted by molar-refractivity contribution is 14.1. The number of halogens is 2. The minimum absolute atomic E-state index is 0.0655. The van der Waals surface area contributed by atoms with Crippen LogP contribution in [0.5, 0.6) is 0 Å². The summed E-state index contributed by atoms with van der Waals surface area (Å²) >= 11 is 2.09. The van der Waals surface area contributed by atoms with Gasteiger partial charge in [-0.2, -0.15) is 5.10 Å². The first kappa shape index (κ1) is 18.1. The van der Waals surface area contributed by atoms with Gasteiger partial charge in [-0.3, -0.25) is 5.10 Å². The number of aliphatic hydroxyl groups is 1. The summed E-state index contributed by atoms with van der Waals surface area (Å²) in [7, 11) is 0. The third kappa shape index (κ3) is 3.72. The maximum atomic E-state index is 14.4. The standard InChI is InChI=1S/C19H16FIN4O2/c20-16-9-12(21)4-3-11(16)8-14-13(5-6-17-15(14)10-22-23-17)19-25-24-18(27-19)2-1-7-26/h3-6,9-10,26H,1-2,7-8H2,(H,22,23). The van der Waals surface area contributed by atoms with Gasteiger partial charge in [-0.05, 0) is 64.4 Å². The summed E-state index contributed by atoms with van der Waals surface area (Å²) in [6.07, 6.45) is 3.17. The zero-order valence-corrected chi connectivity index (χ0v) is 16.4. The second kappa shape index (κ2) is 7.73. The molecule has 0 aliphatic carbocycles. The molecule has 0 radical (unpaired) electrons. The molecule has 0 amide bonds. The van der Waals surface area contributed by atoms with E-state index in [1.807, 2.05) is 18.2 Å². The Bertz CT molecular complexity index is 1090. The Hall–Kier alpha value is -2.33. The topological polar surface area (TPSA) is 87.8 Å². The molecule has 0 bridgehead atoms. The van der Waals surface area contributed by atoms with Crippen molar-refractivity contribution in [3.05, 3.63) is 62.9 Å². The number of aryl methyl sites for hydroxylation is 1. The molecule has 0 aliphatic heterocycles. The summed E-state index contributed by atoms with van der Waals surface area (Å²) in [6.45, 7) is 0.0655. The van der Waals surface area contributed by atoms with Crippen molar-refractivity contribution in [3.8, 4) is 11.5 Å². The first-order chi connectivity index (χ1) is 13.2. The third-order valence-electron chi connectivity index (χ3n) is 4.36. The fourth-order valence-corrected chi connectivity index (χ4v) is 3.47. The van der Waals surface area contributed by atoms with Gasteiger partial charge in [0.25, 0.3) is 0 Å². The van der Waals surface area contributed by atoms with Gasteiger partial charge in [0.1, 0.15) is 5.82 Å². The van der Waals surface area contributed by atoms with Crippen molar-refractivity contribution in [3.63, 3.8) is 0 Å². The Labute approximate surface area is 168 Å². The predicted octanol–water partition coefficient (Wildman–Crippen LogP) is 3.87. The summed E-state index contributed by atoms with van der Waals surface area (Å²) in [6, 6.07) is 8.96. The predicted molar refractivity (Wildman–Crippen MR) is 107 cm³/mol. The lowest BCUT2D eigenvalue weighted by molar-refractivity contribution is 0.283. The second-order valence-corrected chi connectivity index (χ2v) is 7.41. The average molecular weight is 478 g/mol. The lowest BCUT2D eigenvalue weighted by Crippen LogP contribution is -1.97. The van der Waals surface area contributed by atoms with Crippen LogP contribution in [0.4, 0.5) is 4.39 Å². The number of nitrogens with one attached hydrogen (secondary N) is 1. The molecule has 0 saturated heterocycles. The normalized spacial score (nSPS) is 11.4. The number of aromatic nitrogens is 4. The molecule has 138 valence electrons. The highest BCUT2D eigenvalue weighted by atomic mass is 127. The molecule has 0 atom stereocenters. The highest BCUT2D eigenvalue weighted by Gasteiger charge is 2.18. The SMILES string of the molecule is OCCCc1nnc(-c2ccc3[nH]ncc3c2Cc2ccc(I)cc2F)o1. The van der Waals surface area contributed by atoms with Crippen LogP contribution in [0.15, 0.2) is 40.9 Å². The minimum Gasteiger partial charge on any atom is -0.421 e. The maximum absolute atomic E-state index is 14.4. The summed E-state index contributed by atoms with van der Waals surface area (Å²) in [5.74, 6) is 0.604.